The van der Waals surface area contributed by atoms with Crippen molar-refractivity contribution in [3.63, 3.8) is 0 Å². The maximum atomic E-state index is 11.8. The molecule has 2 N–H and O–H groups in total. The fraction of sp³-hybridized carbons (Fsp3) is 0.111. The number of carbonyl (C=O) groups is 1. The van der Waals surface area contributed by atoms with Gasteiger partial charge < -0.3 is 21.1 Å². The molecule has 25 heavy (non-hydrogen) atoms. The van der Waals surface area contributed by atoms with Gasteiger partial charge >= 0.3 is 0 Å². The number of aromatic nitrogens is 4. The third kappa shape index (κ3) is 2.92. The number of anilines is 1. The van der Waals surface area contributed by atoms with E-state index in [-0.39, 0.29) is 28.9 Å². The number of pyridine rings is 2. The monoisotopic (exact) mass is 372 g/mol. The summed E-state index contributed by atoms with van der Waals surface area (Å²) in [4.78, 5) is 23.8. The van der Waals surface area contributed by atoms with Crippen molar-refractivity contribution >= 4 is 28.4 Å². The summed E-state index contributed by atoms with van der Waals surface area (Å²) in [5, 5.41) is 3.93. The van der Waals surface area contributed by atoms with Crippen LogP contribution in [0.5, 0.6) is 0 Å². The van der Waals surface area contributed by atoms with Crippen molar-refractivity contribution in [1.82, 2.24) is 19.4 Å². The second-order valence-electron chi connectivity index (χ2n) is 6.02. The van der Waals surface area contributed by atoms with Crippen LogP contribution >= 0.6 is 0 Å². The number of carbonyl (C=O) groups excluding carboxylic acids is 1. The fourth-order valence-corrected chi connectivity index (χ4v) is 2.82. The van der Waals surface area contributed by atoms with E-state index >= 15 is 0 Å². The quantitative estimate of drug-likeness (QED) is 0.429. The molecule has 5 rings (SSSR count). The van der Waals surface area contributed by atoms with Gasteiger partial charge in [-0.05, 0) is 24.3 Å². The molecule has 1 atom stereocenters. The second kappa shape index (κ2) is 6.02. The molecule has 0 aliphatic heterocycles. The standard InChI is InChI=1S/C18H14N5O.Fe/c24-18(11-1-2-11)22-15-10-23-9-13(3-4-16(23)21-15)14-7-12-5-6-19-17(12)20-8-14;/h1,3-11H,2H2,(H,19,20)(H,22,24);/q-1;/t11-;/m0./s1. The summed E-state index contributed by atoms with van der Waals surface area (Å²) in [5.74, 6) is 0.641. The Labute approximate surface area is 154 Å². The molecule has 0 radical (unpaired) electrons. The molecular formula is C18H14FeN5O-. The van der Waals surface area contributed by atoms with Crippen LogP contribution in [0, 0.1) is 12.3 Å². The van der Waals surface area contributed by atoms with E-state index in [2.05, 4.69) is 26.3 Å². The smallest absolute Gasteiger partial charge is 0.196 e. The molecule has 1 amide bonds. The van der Waals surface area contributed by atoms with E-state index in [1.165, 1.54) is 0 Å². The zero-order valence-corrected chi connectivity index (χ0v) is 14.2. The first-order valence-corrected chi connectivity index (χ1v) is 7.83. The summed E-state index contributed by atoms with van der Waals surface area (Å²) in [7, 11) is 0. The molecule has 0 aromatic carbocycles. The zero-order chi connectivity index (χ0) is 16.1. The molecule has 0 saturated heterocycles. The Balaban J connectivity index is 0.00000157. The number of H-pyrrole nitrogens is 1. The van der Waals surface area contributed by atoms with Crippen molar-refractivity contribution in [2.75, 3.05) is 5.32 Å². The van der Waals surface area contributed by atoms with E-state index < -0.39 is 0 Å². The normalized spacial score (nSPS) is 15.9. The van der Waals surface area contributed by atoms with E-state index in [0.717, 1.165) is 34.2 Å². The zero-order valence-electron chi connectivity index (χ0n) is 13.1. The van der Waals surface area contributed by atoms with E-state index in [0.29, 0.717) is 5.82 Å². The topological polar surface area (TPSA) is 75.1 Å². The second-order valence-corrected chi connectivity index (χ2v) is 6.02. The number of nitrogens with one attached hydrogen (secondary N) is 2. The van der Waals surface area contributed by atoms with Gasteiger partial charge in [-0.25, -0.2) is 9.97 Å². The van der Waals surface area contributed by atoms with Crippen LogP contribution in [0.1, 0.15) is 6.42 Å². The Morgan fingerprint density at radius 3 is 3.00 bits per heavy atom. The maximum Gasteiger partial charge on any atom is 0.196 e. The van der Waals surface area contributed by atoms with Crippen LogP contribution in [0.3, 0.4) is 0 Å². The minimum absolute atomic E-state index is 0. The number of amides is 1. The van der Waals surface area contributed by atoms with Crippen LogP contribution in [0.25, 0.3) is 27.8 Å². The molecule has 1 fully saturated rings. The van der Waals surface area contributed by atoms with Gasteiger partial charge in [-0.1, -0.05) is 0 Å². The number of hydrogen-bond donors (Lipinski definition) is 2. The largest absolute Gasteiger partial charge is 0.346 e. The van der Waals surface area contributed by atoms with Crippen molar-refractivity contribution in [1.29, 1.82) is 0 Å². The van der Waals surface area contributed by atoms with Crippen molar-refractivity contribution < 1.29 is 21.9 Å². The van der Waals surface area contributed by atoms with E-state index in [9.17, 15) is 4.79 Å². The average molecular weight is 372 g/mol. The van der Waals surface area contributed by atoms with Gasteiger partial charge in [0.15, 0.2) is 11.7 Å². The molecule has 4 aromatic heterocycles. The summed E-state index contributed by atoms with van der Waals surface area (Å²) >= 11 is 0. The van der Waals surface area contributed by atoms with Crippen molar-refractivity contribution in [3.8, 4) is 11.1 Å². The SMILES string of the molecule is O=C(Nc1cn2cc(-c3cnc4[nH]ccc4c3)ccc2n1)[C@H]1[CH-]C1.[Fe]. The Hall–Kier alpha value is -2.63. The molecule has 4 heterocycles. The van der Waals surface area contributed by atoms with Crippen molar-refractivity contribution in [3.05, 3.63) is 55.5 Å². The average Bonchev–Trinajstić information content (AvgIpc) is 3.21. The molecule has 0 unspecified atom stereocenters. The molecule has 0 spiro atoms. The molecular weight excluding hydrogens is 358 g/mol. The van der Waals surface area contributed by atoms with Gasteiger partial charge in [0.25, 0.3) is 0 Å². The maximum absolute atomic E-state index is 11.8. The van der Waals surface area contributed by atoms with Crippen LogP contribution in [-0.4, -0.2) is 25.3 Å². The minimum Gasteiger partial charge on any atom is -0.346 e. The van der Waals surface area contributed by atoms with Gasteiger partial charge in [0, 0.05) is 52.2 Å². The van der Waals surface area contributed by atoms with Gasteiger partial charge in [0.05, 0.1) is 6.20 Å². The summed E-state index contributed by atoms with van der Waals surface area (Å²) in [6.45, 7) is 0. The summed E-state index contributed by atoms with van der Waals surface area (Å²) < 4.78 is 1.92. The molecule has 126 valence electrons. The van der Waals surface area contributed by atoms with E-state index in [1.807, 2.05) is 53.8 Å². The Kier molecular flexibility index (Phi) is 3.82. The van der Waals surface area contributed by atoms with Gasteiger partial charge in [-0.2, -0.15) is 6.42 Å². The van der Waals surface area contributed by atoms with Crippen LogP contribution in [-0.2, 0) is 21.9 Å². The summed E-state index contributed by atoms with van der Waals surface area (Å²) in [5.41, 5.74) is 3.76. The molecule has 6 nitrogen and oxygen atoms in total. The van der Waals surface area contributed by atoms with Crippen LogP contribution < -0.4 is 5.32 Å². The minimum atomic E-state index is 0. The molecule has 0 bridgehead atoms. The number of imidazole rings is 1. The number of nitrogens with zero attached hydrogens (tertiary/aromatic N) is 3. The number of fused-ring (bicyclic) bond motifs is 2. The summed E-state index contributed by atoms with van der Waals surface area (Å²) in [6.07, 6.45) is 10.4. The third-order valence-corrected chi connectivity index (χ3v) is 4.24. The first-order chi connectivity index (χ1) is 11.8. The van der Waals surface area contributed by atoms with E-state index in [4.69, 9.17) is 0 Å². The van der Waals surface area contributed by atoms with Gasteiger partial charge in [-0.15, -0.1) is 5.92 Å². The molecule has 4 aromatic rings. The van der Waals surface area contributed by atoms with Gasteiger partial charge in [0.2, 0.25) is 0 Å². The van der Waals surface area contributed by atoms with E-state index in [1.54, 1.807) is 0 Å². The Morgan fingerprint density at radius 2 is 2.16 bits per heavy atom. The summed E-state index contributed by atoms with van der Waals surface area (Å²) in [6, 6.07) is 8.06. The predicted octanol–water partition coefficient (Wildman–Crippen LogP) is 3.04. The van der Waals surface area contributed by atoms with Crippen molar-refractivity contribution in [2.24, 2.45) is 5.92 Å². The molecule has 1 aliphatic rings. The molecule has 1 aliphatic carbocycles. The van der Waals surface area contributed by atoms with Gasteiger partial charge in [0.1, 0.15) is 11.3 Å². The molecule has 7 heteroatoms. The fourth-order valence-electron chi connectivity index (χ4n) is 2.82. The van der Waals surface area contributed by atoms with Gasteiger partial charge in [-0.3, -0.25) is 4.79 Å². The first kappa shape index (κ1) is 15.9. The van der Waals surface area contributed by atoms with Crippen LogP contribution in [0.15, 0.2) is 49.1 Å². The van der Waals surface area contributed by atoms with Crippen LogP contribution in [0.2, 0.25) is 0 Å². The number of aromatic amines is 1. The first-order valence-electron chi connectivity index (χ1n) is 7.83. The predicted molar refractivity (Wildman–Crippen MR) is 91.3 cm³/mol. The third-order valence-electron chi connectivity index (χ3n) is 4.24. The number of rotatable bonds is 3. The van der Waals surface area contributed by atoms with Crippen molar-refractivity contribution in [2.45, 2.75) is 6.42 Å². The Bertz CT molecular complexity index is 1080. The van der Waals surface area contributed by atoms with Crippen LogP contribution in [0.4, 0.5) is 5.82 Å². The molecule has 1 saturated carbocycles. The Morgan fingerprint density at radius 1 is 1.28 bits per heavy atom. The number of hydrogen-bond acceptors (Lipinski definition) is 3.